The van der Waals surface area contributed by atoms with Gasteiger partial charge in [-0.1, -0.05) is 69.3 Å². The van der Waals surface area contributed by atoms with Crippen LogP contribution in [-0.4, -0.2) is 78.0 Å². The van der Waals surface area contributed by atoms with Gasteiger partial charge >= 0.3 is 12.0 Å². The maximum absolute atomic E-state index is 13.5. The van der Waals surface area contributed by atoms with Crippen LogP contribution in [0.3, 0.4) is 0 Å². The molecule has 2 aliphatic heterocycles. The van der Waals surface area contributed by atoms with Crippen molar-refractivity contribution in [2.24, 2.45) is 0 Å². The zero-order valence-corrected chi connectivity index (χ0v) is 24.9. The van der Waals surface area contributed by atoms with Crippen molar-refractivity contribution in [1.29, 1.82) is 0 Å². The van der Waals surface area contributed by atoms with Crippen LogP contribution in [0, 0.1) is 0 Å². The third-order valence-electron chi connectivity index (χ3n) is 7.72. The first-order chi connectivity index (χ1) is 19.5. The molecule has 2 aromatic rings. The Labute approximate surface area is 243 Å². The van der Waals surface area contributed by atoms with Crippen molar-refractivity contribution in [3.63, 3.8) is 0 Å². The van der Waals surface area contributed by atoms with Gasteiger partial charge in [0.15, 0.2) is 0 Å². The van der Waals surface area contributed by atoms with Crippen LogP contribution in [0.1, 0.15) is 62.1 Å². The fourth-order valence-electron chi connectivity index (χ4n) is 5.51. The molecule has 1 saturated heterocycles. The van der Waals surface area contributed by atoms with E-state index in [1.165, 1.54) is 0 Å². The van der Waals surface area contributed by atoms with Crippen molar-refractivity contribution in [2.45, 2.75) is 52.1 Å². The molecular weight excluding hydrogens is 516 g/mol. The Kier molecular flexibility index (Phi) is 9.33. The van der Waals surface area contributed by atoms with Crippen LogP contribution in [0.2, 0.25) is 0 Å². The predicted molar refractivity (Wildman–Crippen MR) is 160 cm³/mol. The van der Waals surface area contributed by atoms with Gasteiger partial charge in [0.1, 0.15) is 0 Å². The van der Waals surface area contributed by atoms with E-state index < -0.39 is 12.0 Å². The zero-order valence-electron chi connectivity index (χ0n) is 24.9. The standard InChI is InChI=1S/C33H42N4O4/c1-7-18-37-27(22-35-19-20-36(23(3)21-35)30(38)25-12-10-9-11-13-25)28(31(39)41-8-2)29(34-32(37)40)24-14-16-26(17-15-24)33(4,5)6/h7,9-17,23,29H,1,8,18-22H2,2-6H3,(H,34,40). The molecule has 41 heavy (non-hydrogen) atoms. The van der Waals surface area contributed by atoms with Crippen LogP contribution in [0.25, 0.3) is 0 Å². The number of piperazine rings is 1. The number of esters is 1. The Bertz CT molecular complexity index is 1300. The molecule has 218 valence electrons. The highest BCUT2D eigenvalue weighted by atomic mass is 16.5. The molecule has 0 saturated carbocycles. The van der Waals surface area contributed by atoms with Crippen LogP contribution in [-0.2, 0) is 14.9 Å². The number of carbonyl (C=O) groups excluding carboxylic acids is 3. The van der Waals surface area contributed by atoms with Gasteiger partial charge in [-0.25, -0.2) is 9.59 Å². The van der Waals surface area contributed by atoms with E-state index >= 15 is 0 Å². The normalized spacial score (nSPS) is 20.1. The smallest absolute Gasteiger partial charge is 0.338 e. The van der Waals surface area contributed by atoms with Gasteiger partial charge in [-0.2, -0.15) is 0 Å². The molecule has 2 heterocycles. The van der Waals surface area contributed by atoms with Crippen molar-refractivity contribution in [3.8, 4) is 0 Å². The molecule has 2 aliphatic rings. The van der Waals surface area contributed by atoms with E-state index in [0.717, 1.165) is 11.1 Å². The molecular formula is C33H42N4O4. The molecule has 8 heteroatoms. The van der Waals surface area contributed by atoms with Crippen LogP contribution < -0.4 is 5.32 Å². The van der Waals surface area contributed by atoms with Gasteiger partial charge in [-0.15, -0.1) is 6.58 Å². The zero-order chi connectivity index (χ0) is 29.7. The van der Waals surface area contributed by atoms with Gasteiger partial charge in [0.05, 0.1) is 18.2 Å². The van der Waals surface area contributed by atoms with Gasteiger partial charge in [0, 0.05) is 50.0 Å². The fraction of sp³-hybridized carbons (Fsp3) is 0.424. The fourth-order valence-corrected chi connectivity index (χ4v) is 5.51. The molecule has 2 unspecified atom stereocenters. The number of hydrogen-bond acceptors (Lipinski definition) is 5. The molecule has 0 bridgehead atoms. The van der Waals surface area contributed by atoms with Crippen molar-refractivity contribution in [1.82, 2.24) is 20.0 Å². The third-order valence-corrected chi connectivity index (χ3v) is 7.72. The number of nitrogens with zero attached hydrogens (tertiary/aromatic N) is 3. The summed E-state index contributed by atoms with van der Waals surface area (Å²) in [7, 11) is 0. The maximum atomic E-state index is 13.5. The van der Waals surface area contributed by atoms with Gasteiger partial charge in [0.25, 0.3) is 5.91 Å². The van der Waals surface area contributed by atoms with E-state index in [9.17, 15) is 14.4 Å². The lowest BCUT2D eigenvalue weighted by atomic mass is 9.85. The van der Waals surface area contributed by atoms with E-state index in [0.29, 0.717) is 43.0 Å². The van der Waals surface area contributed by atoms with Crippen molar-refractivity contribution < 1.29 is 19.1 Å². The van der Waals surface area contributed by atoms with Gasteiger partial charge in [-0.05, 0) is 42.5 Å². The second kappa shape index (κ2) is 12.7. The number of nitrogens with one attached hydrogen (secondary N) is 1. The van der Waals surface area contributed by atoms with Gasteiger partial charge in [-0.3, -0.25) is 14.6 Å². The molecule has 0 spiro atoms. The molecule has 1 N–H and O–H groups in total. The molecule has 0 aliphatic carbocycles. The first-order valence-electron chi connectivity index (χ1n) is 14.3. The highest BCUT2D eigenvalue weighted by molar-refractivity contribution is 5.95. The molecule has 3 amide bonds. The second-order valence-corrected chi connectivity index (χ2v) is 11.7. The Morgan fingerprint density at radius 3 is 2.34 bits per heavy atom. The van der Waals surface area contributed by atoms with E-state index in [1.54, 1.807) is 17.9 Å². The highest BCUT2D eigenvalue weighted by Gasteiger charge is 2.39. The summed E-state index contributed by atoms with van der Waals surface area (Å²) in [5.74, 6) is -0.444. The molecule has 4 rings (SSSR count). The first kappa shape index (κ1) is 30.1. The lowest BCUT2D eigenvalue weighted by molar-refractivity contribution is -0.139. The molecule has 0 aromatic heterocycles. The van der Waals surface area contributed by atoms with E-state index in [2.05, 4.69) is 37.6 Å². The minimum Gasteiger partial charge on any atom is -0.463 e. The Morgan fingerprint density at radius 1 is 1.07 bits per heavy atom. The van der Waals surface area contributed by atoms with E-state index in [-0.39, 0.29) is 36.5 Å². The van der Waals surface area contributed by atoms with Crippen molar-refractivity contribution in [3.05, 3.63) is 95.2 Å². The monoisotopic (exact) mass is 558 g/mol. The summed E-state index contributed by atoms with van der Waals surface area (Å²) < 4.78 is 5.54. The Balaban J connectivity index is 1.67. The summed E-state index contributed by atoms with van der Waals surface area (Å²) in [5.41, 5.74) is 3.65. The second-order valence-electron chi connectivity index (χ2n) is 11.7. The van der Waals surface area contributed by atoms with Gasteiger partial charge < -0.3 is 15.0 Å². The number of ether oxygens (including phenoxy) is 1. The number of amides is 3. The number of rotatable bonds is 8. The summed E-state index contributed by atoms with van der Waals surface area (Å²) in [6.07, 6.45) is 1.65. The molecule has 0 radical (unpaired) electrons. The Morgan fingerprint density at radius 2 is 1.76 bits per heavy atom. The predicted octanol–water partition coefficient (Wildman–Crippen LogP) is 4.90. The largest absolute Gasteiger partial charge is 0.463 e. The molecule has 1 fully saturated rings. The minimum absolute atomic E-state index is 0.00766. The van der Waals surface area contributed by atoms with E-state index in [4.69, 9.17) is 4.74 Å². The quantitative estimate of drug-likeness (QED) is 0.368. The van der Waals surface area contributed by atoms with Crippen molar-refractivity contribution in [2.75, 3.05) is 39.3 Å². The van der Waals surface area contributed by atoms with Crippen LogP contribution in [0.15, 0.2) is 78.5 Å². The van der Waals surface area contributed by atoms with E-state index in [1.807, 2.05) is 66.4 Å². The Hall–Kier alpha value is -3.91. The summed E-state index contributed by atoms with van der Waals surface area (Å²) in [6.45, 7) is 16.7. The average Bonchev–Trinajstić information content (AvgIpc) is 2.94. The van der Waals surface area contributed by atoms with Crippen LogP contribution in [0.4, 0.5) is 4.79 Å². The summed E-state index contributed by atoms with van der Waals surface area (Å²) in [5, 5.41) is 3.04. The maximum Gasteiger partial charge on any atom is 0.338 e. The van der Waals surface area contributed by atoms with Crippen LogP contribution in [0.5, 0.6) is 0 Å². The summed E-state index contributed by atoms with van der Waals surface area (Å²) in [4.78, 5) is 45.8. The first-order valence-corrected chi connectivity index (χ1v) is 14.3. The summed E-state index contributed by atoms with van der Waals surface area (Å²) in [6, 6.07) is 16.4. The molecule has 2 aromatic carbocycles. The average molecular weight is 559 g/mol. The minimum atomic E-state index is -0.648. The van der Waals surface area contributed by atoms with Crippen molar-refractivity contribution >= 4 is 17.9 Å². The SMILES string of the molecule is C=CCN1C(=O)NC(c2ccc(C(C)(C)C)cc2)C(C(=O)OCC)=C1CN1CCN(C(=O)c2ccccc2)C(C)C1. The van der Waals surface area contributed by atoms with Gasteiger partial charge in [0.2, 0.25) is 0 Å². The number of urea groups is 1. The highest BCUT2D eigenvalue weighted by Crippen LogP contribution is 2.34. The summed E-state index contributed by atoms with van der Waals surface area (Å²) >= 11 is 0. The number of benzene rings is 2. The topological polar surface area (TPSA) is 82.2 Å². The lowest BCUT2D eigenvalue weighted by Crippen LogP contribution is -2.56. The molecule has 8 nitrogen and oxygen atoms in total. The molecule has 2 atom stereocenters. The lowest BCUT2D eigenvalue weighted by Gasteiger charge is -2.43. The number of hydrogen-bond donors (Lipinski definition) is 1. The number of carbonyl (C=O) groups is 3. The van der Waals surface area contributed by atoms with Crippen LogP contribution >= 0.6 is 0 Å². The third kappa shape index (κ3) is 6.70.